The molecule has 1 saturated heterocycles. The molecule has 6 heteroatoms. The van der Waals surface area contributed by atoms with Gasteiger partial charge in [0.05, 0.1) is 19.3 Å². The van der Waals surface area contributed by atoms with E-state index in [9.17, 15) is 9.90 Å². The molecule has 2 aromatic carbocycles. The van der Waals surface area contributed by atoms with E-state index in [1.54, 1.807) is 7.11 Å². The number of aliphatic hydroxyl groups is 1. The quantitative estimate of drug-likeness (QED) is 0.563. The largest absolute Gasteiger partial charge is 0.496 e. The fourth-order valence-electron chi connectivity index (χ4n) is 4.31. The summed E-state index contributed by atoms with van der Waals surface area (Å²) < 4.78 is 5.42. The third-order valence-electron chi connectivity index (χ3n) is 6.05. The van der Waals surface area contributed by atoms with Crippen LogP contribution in [0.15, 0.2) is 54.7 Å². The first-order valence-corrected chi connectivity index (χ1v) is 10.5. The first-order valence-electron chi connectivity index (χ1n) is 10.5. The number of nitrogens with zero attached hydrogens (tertiary/aromatic N) is 1. The predicted molar refractivity (Wildman–Crippen MR) is 118 cm³/mol. The fourth-order valence-corrected chi connectivity index (χ4v) is 4.31. The Bertz CT molecular complexity index is 1010. The molecule has 0 radical (unpaired) electrons. The van der Waals surface area contributed by atoms with Gasteiger partial charge in [-0.25, -0.2) is 0 Å². The maximum Gasteiger partial charge on any atom is 0.234 e. The van der Waals surface area contributed by atoms with Gasteiger partial charge >= 0.3 is 0 Å². The van der Waals surface area contributed by atoms with Crippen molar-refractivity contribution in [2.45, 2.75) is 24.9 Å². The Labute approximate surface area is 176 Å². The minimum atomic E-state index is -0.908. The molecule has 6 nitrogen and oxygen atoms in total. The second kappa shape index (κ2) is 8.90. The molecule has 0 unspecified atom stereocenters. The molecule has 3 N–H and O–H groups in total. The number of nitrogens with one attached hydrogen (secondary N) is 2. The van der Waals surface area contributed by atoms with Crippen molar-refractivity contribution in [1.82, 2.24) is 15.2 Å². The molecule has 1 amide bonds. The van der Waals surface area contributed by atoms with Crippen molar-refractivity contribution in [3.05, 3.63) is 65.9 Å². The molecule has 30 heavy (non-hydrogen) atoms. The van der Waals surface area contributed by atoms with E-state index in [0.717, 1.165) is 17.5 Å². The van der Waals surface area contributed by atoms with E-state index in [0.29, 0.717) is 44.8 Å². The van der Waals surface area contributed by atoms with Crippen LogP contribution in [0.5, 0.6) is 5.75 Å². The van der Waals surface area contributed by atoms with Gasteiger partial charge in [0.15, 0.2) is 0 Å². The third kappa shape index (κ3) is 4.35. The summed E-state index contributed by atoms with van der Waals surface area (Å²) in [5.74, 6) is 0.737. The van der Waals surface area contributed by atoms with Crippen LogP contribution in [0.4, 0.5) is 0 Å². The van der Waals surface area contributed by atoms with Crippen LogP contribution in [0.1, 0.15) is 24.0 Å². The Kier molecular flexibility index (Phi) is 6.06. The Morgan fingerprint density at radius 3 is 2.70 bits per heavy atom. The Morgan fingerprint density at radius 2 is 1.90 bits per heavy atom. The minimum absolute atomic E-state index is 0.0255. The zero-order chi connectivity index (χ0) is 21.0. The molecule has 1 aliphatic rings. The zero-order valence-corrected chi connectivity index (χ0v) is 17.4. The number of likely N-dealkylation sites (tertiary alicyclic amines) is 1. The van der Waals surface area contributed by atoms with E-state index in [1.807, 2.05) is 42.6 Å². The number of hydrogen-bond donors (Lipinski definition) is 3. The number of hydrogen-bond acceptors (Lipinski definition) is 4. The number of piperidine rings is 1. The third-order valence-corrected chi connectivity index (χ3v) is 6.05. The average molecular weight is 408 g/mol. The van der Waals surface area contributed by atoms with Crippen molar-refractivity contribution in [2.24, 2.45) is 0 Å². The number of fused-ring (bicyclic) bond motifs is 1. The summed E-state index contributed by atoms with van der Waals surface area (Å²) >= 11 is 0. The van der Waals surface area contributed by atoms with Gasteiger partial charge in [0, 0.05) is 42.3 Å². The van der Waals surface area contributed by atoms with Crippen LogP contribution in [0, 0.1) is 0 Å². The van der Waals surface area contributed by atoms with E-state index < -0.39 is 5.60 Å². The summed E-state index contributed by atoms with van der Waals surface area (Å²) in [6.07, 6.45) is 3.97. The highest BCUT2D eigenvalue weighted by molar-refractivity contribution is 5.83. The van der Waals surface area contributed by atoms with Crippen LogP contribution in [0.25, 0.3) is 10.9 Å². The molecule has 0 bridgehead atoms. The van der Waals surface area contributed by atoms with E-state index in [4.69, 9.17) is 4.74 Å². The summed E-state index contributed by atoms with van der Waals surface area (Å²) in [6, 6.07) is 15.8. The molecule has 0 aliphatic carbocycles. The van der Waals surface area contributed by atoms with Crippen molar-refractivity contribution in [1.29, 1.82) is 0 Å². The number of carbonyl (C=O) groups excluding carboxylic acids is 1. The number of aromatic nitrogens is 1. The standard InChI is InChI=1S/C24H29N3O3/c1-30-22-9-5-3-7-20(22)24(29)11-14-27(15-12-24)17-23(28)25-13-10-18-16-26-21-8-4-2-6-19(18)21/h2-9,16,26,29H,10-15,17H2,1H3,(H,25,28). The molecule has 0 spiro atoms. The van der Waals surface area contributed by atoms with Crippen molar-refractivity contribution < 1.29 is 14.6 Å². The van der Waals surface area contributed by atoms with Crippen LogP contribution in [0.2, 0.25) is 0 Å². The van der Waals surface area contributed by atoms with Crippen LogP contribution in [-0.2, 0) is 16.8 Å². The van der Waals surface area contributed by atoms with Crippen molar-refractivity contribution in [3.63, 3.8) is 0 Å². The number of aromatic amines is 1. The minimum Gasteiger partial charge on any atom is -0.496 e. The first-order chi connectivity index (χ1) is 14.6. The topological polar surface area (TPSA) is 77.6 Å². The fraction of sp³-hybridized carbons (Fsp3) is 0.375. The van der Waals surface area contributed by atoms with Gasteiger partial charge < -0.3 is 20.1 Å². The summed E-state index contributed by atoms with van der Waals surface area (Å²) in [5.41, 5.74) is 2.25. The molecule has 1 aliphatic heterocycles. The van der Waals surface area contributed by atoms with Crippen LogP contribution >= 0.6 is 0 Å². The maximum absolute atomic E-state index is 12.4. The van der Waals surface area contributed by atoms with E-state index >= 15 is 0 Å². The van der Waals surface area contributed by atoms with E-state index in [2.05, 4.69) is 27.3 Å². The van der Waals surface area contributed by atoms with E-state index in [-0.39, 0.29) is 5.91 Å². The Balaban J connectivity index is 1.25. The molecule has 1 aromatic heterocycles. The summed E-state index contributed by atoms with van der Waals surface area (Å²) in [7, 11) is 1.62. The average Bonchev–Trinajstić information content (AvgIpc) is 3.19. The first kappa shape index (κ1) is 20.4. The maximum atomic E-state index is 12.4. The monoisotopic (exact) mass is 407 g/mol. The lowest BCUT2D eigenvalue weighted by molar-refractivity contribution is -0.123. The molecular formula is C24H29N3O3. The highest BCUT2D eigenvalue weighted by Gasteiger charge is 2.36. The van der Waals surface area contributed by atoms with Gasteiger partial charge in [-0.2, -0.15) is 0 Å². The van der Waals surface area contributed by atoms with Crippen LogP contribution in [-0.4, -0.2) is 54.2 Å². The summed E-state index contributed by atoms with van der Waals surface area (Å²) in [5, 5.41) is 15.4. The number of carbonyl (C=O) groups is 1. The molecule has 4 rings (SSSR count). The number of benzene rings is 2. The highest BCUT2D eigenvalue weighted by atomic mass is 16.5. The van der Waals surface area contributed by atoms with Gasteiger partial charge in [0.25, 0.3) is 0 Å². The van der Waals surface area contributed by atoms with Gasteiger partial charge in [-0.3, -0.25) is 9.69 Å². The Hall–Kier alpha value is -2.83. The highest BCUT2D eigenvalue weighted by Crippen LogP contribution is 2.37. The zero-order valence-electron chi connectivity index (χ0n) is 17.4. The number of ether oxygens (including phenoxy) is 1. The smallest absolute Gasteiger partial charge is 0.234 e. The molecule has 3 aromatic rings. The van der Waals surface area contributed by atoms with Crippen LogP contribution < -0.4 is 10.1 Å². The number of H-pyrrole nitrogens is 1. The number of para-hydroxylation sites is 2. The normalized spacial score (nSPS) is 16.5. The van der Waals surface area contributed by atoms with Gasteiger partial charge in [0.2, 0.25) is 5.91 Å². The van der Waals surface area contributed by atoms with Gasteiger partial charge in [-0.1, -0.05) is 36.4 Å². The Morgan fingerprint density at radius 1 is 1.17 bits per heavy atom. The molecule has 158 valence electrons. The van der Waals surface area contributed by atoms with Gasteiger partial charge in [-0.15, -0.1) is 0 Å². The summed E-state index contributed by atoms with van der Waals surface area (Å²) in [6.45, 7) is 2.31. The SMILES string of the molecule is COc1ccccc1C1(O)CCN(CC(=O)NCCc2c[nH]c3ccccc23)CC1. The van der Waals surface area contributed by atoms with Crippen molar-refractivity contribution in [2.75, 3.05) is 33.3 Å². The van der Waals surface area contributed by atoms with Gasteiger partial charge in [-0.05, 0) is 37.0 Å². The molecule has 2 heterocycles. The second-order valence-electron chi connectivity index (χ2n) is 7.97. The lowest BCUT2D eigenvalue weighted by atomic mass is 9.84. The van der Waals surface area contributed by atoms with Crippen LogP contribution in [0.3, 0.4) is 0 Å². The lowest BCUT2D eigenvalue weighted by Gasteiger charge is -2.38. The molecule has 0 atom stereocenters. The number of methoxy groups -OCH3 is 1. The van der Waals surface area contributed by atoms with Crippen molar-refractivity contribution in [3.8, 4) is 5.75 Å². The molecular weight excluding hydrogens is 378 g/mol. The van der Waals surface area contributed by atoms with Gasteiger partial charge in [0.1, 0.15) is 5.75 Å². The summed E-state index contributed by atoms with van der Waals surface area (Å²) in [4.78, 5) is 17.8. The van der Waals surface area contributed by atoms with Crippen molar-refractivity contribution >= 4 is 16.8 Å². The lowest BCUT2D eigenvalue weighted by Crippen LogP contribution is -2.46. The number of amides is 1. The molecule has 0 saturated carbocycles. The predicted octanol–water partition coefficient (Wildman–Crippen LogP) is 2.82. The molecule has 1 fully saturated rings. The second-order valence-corrected chi connectivity index (χ2v) is 7.97. The number of rotatable bonds is 7. The van der Waals surface area contributed by atoms with E-state index in [1.165, 1.54) is 10.9 Å².